The normalized spacial score (nSPS) is 23.8. The Balaban J connectivity index is 1.53. The van der Waals surface area contributed by atoms with Gasteiger partial charge in [0.2, 0.25) is 0 Å². The molecule has 192 valence electrons. The fraction of sp³-hybridized carbons (Fsp3) is 0.371. The van der Waals surface area contributed by atoms with Gasteiger partial charge in [-0.2, -0.15) is 0 Å². The Hall–Kier alpha value is -3.26. The molecule has 0 bridgehead atoms. The average Bonchev–Trinajstić information content (AvgIpc) is 3.53. The number of allylic oxidation sites excluding steroid dienone is 5. The second-order valence-corrected chi connectivity index (χ2v) is 12.5. The van der Waals surface area contributed by atoms with E-state index in [0.29, 0.717) is 11.8 Å². The van der Waals surface area contributed by atoms with Gasteiger partial charge in [0, 0.05) is 46.6 Å². The molecule has 3 aromatic rings. The maximum Gasteiger partial charge on any atom is 0.0463 e. The van der Waals surface area contributed by atoms with Crippen LogP contribution in [0.25, 0.3) is 17.0 Å². The van der Waals surface area contributed by atoms with Crippen molar-refractivity contribution in [1.29, 1.82) is 0 Å². The van der Waals surface area contributed by atoms with Crippen LogP contribution in [0.15, 0.2) is 86.1 Å². The van der Waals surface area contributed by atoms with Gasteiger partial charge in [-0.15, -0.1) is 13.2 Å². The minimum atomic E-state index is -0.101. The van der Waals surface area contributed by atoms with E-state index in [0.717, 1.165) is 19.4 Å². The molecule has 37 heavy (non-hydrogen) atoms. The molecule has 2 aliphatic rings. The van der Waals surface area contributed by atoms with Gasteiger partial charge in [-0.1, -0.05) is 95.3 Å². The maximum atomic E-state index is 4.13. The second kappa shape index (κ2) is 9.24. The number of hydrogen-bond donors (Lipinski definition) is 2. The van der Waals surface area contributed by atoms with E-state index in [1.165, 1.54) is 38.8 Å². The van der Waals surface area contributed by atoms with Crippen LogP contribution < -0.4 is 5.32 Å². The van der Waals surface area contributed by atoms with Crippen LogP contribution in [0.3, 0.4) is 0 Å². The first-order valence-electron chi connectivity index (χ1n) is 13.7. The number of rotatable bonds is 7. The number of nitrogens with one attached hydrogen (secondary N) is 2. The Morgan fingerprint density at radius 3 is 2.62 bits per heavy atom. The van der Waals surface area contributed by atoms with E-state index in [1.807, 2.05) is 6.08 Å². The van der Waals surface area contributed by atoms with Gasteiger partial charge in [0.25, 0.3) is 0 Å². The lowest BCUT2D eigenvalue weighted by Gasteiger charge is -2.37. The Labute approximate surface area is 223 Å². The topological polar surface area (TPSA) is 27.8 Å². The smallest absolute Gasteiger partial charge is 0.0463 e. The highest BCUT2D eigenvalue weighted by molar-refractivity contribution is 5.92. The lowest BCUT2D eigenvalue weighted by atomic mass is 9.67. The third-order valence-corrected chi connectivity index (χ3v) is 9.21. The van der Waals surface area contributed by atoms with Gasteiger partial charge >= 0.3 is 0 Å². The molecule has 0 fully saturated rings. The molecule has 1 aliphatic heterocycles. The van der Waals surface area contributed by atoms with Gasteiger partial charge in [0.1, 0.15) is 0 Å². The van der Waals surface area contributed by atoms with Crippen molar-refractivity contribution in [2.24, 2.45) is 10.8 Å². The lowest BCUT2D eigenvalue weighted by Crippen LogP contribution is -2.25. The molecule has 0 radical (unpaired) electrons. The monoisotopic (exact) mass is 490 g/mol. The van der Waals surface area contributed by atoms with Crippen LogP contribution in [0.1, 0.15) is 81.5 Å². The molecule has 0 saturated heterocycles. The minimum absolute atomic E-state index is 0.0328. The predicted octanol–water partition coefficient (Wildman–Crippen LogP) is 9.51. The molecule has 3 atom stereocenters. The summed E-state index contributed by atoms with van der Waals surface area (Å²) < 4.78 is 0. The van der Waals surface area contributed by atoms with Crippen molar-refractivity contribution in [3.05, 3.63) is 108 Å². The van der Waals surface area contributed by atoms with Crippen LogP contribution in [0.4, 0.5) is 5.69 Å². The molecule has 0 unspecified atom stereocenters. The predicted molar refractivity (Wildman–Crippen MR) is 161 cm³/mol. The zero-order valence-electron chi connectivity index (χ0n) is 23.2. The van der Waals surface area contributed by atoms with Crippen molar-refractivity contribution >= 4 is 22.7 Å². The summed E-state index contributed by atoms with van der Waals surface area (Å²) in [7, 11) is 0. The molecule has 2 heteroatoms. The fourth-order valence-electron chi connectivity index (χ4n) is 6.28. The van der Waals surface area contributed by atoms with E-state index in [1.54, 1.807) is 0 Å². The number of benzene rings is 2. The molecule has 1 aliphatic carbocycles. The molecule has 0 saturated carbocycles. The highest BCUT2D eigenvalue weighted by Crippen LogP contribution is 2.49. The van der Waals surface area contributed by atoms with E-state index < -0.39 is 0 Å². The number of fused-ring (bicyclic) bond motifs is 2. The zero-order chi connectivity index (χ0) is 26.4. The Morgan fingerprint density at radius 1 is 1.05 bits per heavy atom. The van der Waals surface area contributed by atoms with Crippen molar-refractivity contribution in [3.63, 3.8) is 0 Å². The fourth-order valence-corrected chi connectivity index (χ4v) is 6.28. The molecule has 2 heterocycles. The van der Waals surface area contributed by atoms with Crippen molar-refractivity contribution in [2.75, 3.05) is 11.9 Å². The Morgan fingerprint density at radius 2 is 1.86 bits per heavy atom. The Kier molecular flexibility index (Phi) is 6.34. The molecule has 0 amide bonds. The van der Waals surface area contributed by atoms with Crippen molar-refractivity contribution in [3.8, 4) is 0 Å². The van der Waals surface area contributed by atoms with Crippen molar-refractivity contribution < 1.29 is 0 Å². The van der Waals surface area contributed by atoms with Crippen LogP contribution >= 0.6 is 0 Å². The number of aromatic amines is 1. The van der Waals surface area contributed by atoms with Crippen molar-refractivity contribution in [2.45, 2.75) is 64.7 Å². The number of hydrogen-bond acceptors (Lipinski definition) is 1. The molecular weight excluding hydrogens is 448 g/mol. The summed E-state index contributed by atoms with van der Waals surface area (Å²) in [6.07, 6.45) is 18.2. The molecule has 1 aromatic heterocycles. The van der Waals surface area contributed by atoms with E-state index in [2.05, 4.69) is 131 Å². The summed E-state index contributed by atoms with van der Waals surface area (Å²) >= 11 is 0. The van der Waals surface area contributed by atoms with E-state index in [4.69, 9.17) is 0 Å². The van der Waals surface area contributed by atoms with Crippen LogP contribution in [0.2, 0.25) is 0 Å². The van der Waals surface area contributed by atoms with Crippen LogP contribution in [-0.2, 0) is 5.41 Å². The average molecular weight is 491 g/mol. The number of anilines is 1. The van der Waals surface area contributed by atoms with E-state index >= 15 is 0 Å². The van der Waals surface area contributed by atoms with Gasteiger partial charge in [-0.25, -0.2) is 0 Å². The Bertz CT molecular complexity index is 1400. The molecule has 2 nitrogen and oxygen atoms in total. The second-order valence-electron chi connectivity index (χ2n) is 12.5. The van der Waals surface area contributed by atoms with Crippen LogP contribution in [-0.4, -0.2) is 11.5 Å². The standard InChI is InChI=1S/C35H42N2/c1-8-33(3,4)28-22-36-30-17-16-25(21-26(28)30)27-14-10-11-19-35(27,7)20-18-24-13-12-15-31-32(24)29(23-37-31)34(5,6)9-2/h8-10,12-18,20-21,23,27-28,36-37H,1-2,11,19,22H2,3-7H3/b20-18-/t27-,28+,35-/m0/s1. The van der Waals surface area contributed by atoms with Crippen molar-refractivity contribution in [1.82, 2.24) is 4.98 Å². The molecule has 2 aromatic carbocycles. The lowest BCUT2D eigenvalue weighted by molar-refractivity contribution is 0.340. The first-order valence-corrected chi connectivity index (χ1v) is 13.7. The maximum absolute atomic E-state index is 4.13. The summed E-state index contributed by atoms with van der Waals surface area (Å²) in [6.45, 7) is 20.7. The first kappa shape index (κ1) is 25.4. The first-order chi connectivity index (χ1) is 17.6. The largest absolute Gasteiger partial charge is 0.384 e. The SMILES string of the molecule is C=CC(C)(C)c1c[nH]c2cccc(/C=C\[C@]3(C)CCC=C[C@H]3c3ccc4c(c3)[C@H](C(C)(C)C=C)CN4)c12. The quantitative estimate of drug-likeness (QED) is 0.317. The van der Waals surface area contributed by atoms with E-state index in [-0.39, 0.29) is 16.2 Å². The third kappa shape index (κ3) is 4.41. The zero-order valence-corrected chi connectivity index (χ0v) is 23.2. The number of aromatic nitrogens is 1. The van der Waals surface area contributed by atoms with Gasteiger partial charge < -0.3 is 10.3 Å². The molecule has 2 N–H and O–H groups in total. The third-order valence-electron chi connectivity index (χ3n) is 9.21. The summed E-state index contributed by atoms with van der Waals surface area (Å²) in [6, 6.07) is 13.7. The van der Waals surface area contributed by atoms with Crippen LogP contribution in [0.5, 0.6) is 0 Å². The summed E-state index contributed by atoms with van der Waals surface area (Å²) in [5, 5.41) is 4.93. The molecule has 0 spiro atoms. The van der Waals surface area contributed by atoms with Gasteiger partial charge in [-0.3, -0.25) is 0 Å². The van der Waals surface area contributed by atoms with E-state index in [9.17, 15) is 0 Å². The highest BCUT2D eigenvalue weighted by atomic mass is 14.9. The molecule has 5 rings (SSSR count). The summed E-state index contributed by atoms with van der Waals surface area (Å²) in [5.41, 5.74) is 7.84. The minimum Gasteiger partial charge on any atom is -0.384 e. The number of H-pyrrole nitrogens is 1. The van der Waals surface area contributed by atoms with Crippen LogP contribution in [0, 0.1) is 10.8 Å². The molecular formula is C35H42N2. The van der Waals surface area contributed by atoms with Gasteiger partial charge in [0.05, 0.1) is 0 Å². The highest BCUT2D eigenvalue weighted by Gasteiger charge is 2.37. The van der Waals surface area contributed by atoms with Gasteiger partial charge in [0.15, 0.2) is 0 Å². The van der Waals surface area contributed by atoms with Gasteiger partial charge in [-0.05, 0) is 58.1 Å². The summed E-state index contributed by atoms with van der Waals surface area (Å²) in [4.78, 5) is 3.49. The summed E-state index contributed by atoms with van der Waals surface area (Å²) in [5.74, 6) is 0.776.